The van der Waals surface area contributed by atoms with E-state index in [1.165, 1.54) is 31.4 Å². The van der Waals surface area contributed by atoms with Gasteiger partial charge in [0, 0.05) is 24.7 Å². The van der Waals surface area contributed by atoms with Crippen LogP contribution in [0.2, 0.25) is 0 Å². The summed E-state index contributed by atoms with van der Waals surface area (Å²) in [5.41, 5.74) is 7.77. The summed E-state index contributed by atoms with van der Waals surface area (Å²) in [4.78, 5) is 38.3. The lowest BCUT2D eigenvalue weighted by Gasteiger charge is -2.29. The third kappa shape index (κ3) is 10.0. The molecule has 3 rings (SSSR count). The van der Waals surface area contributed by atoms with Gasteiger partial charge in [0.15, 0.2) is 0 Å². The Hall–Kier alpha value is -4.42. The molecule has 0 spiro atoms. The molecule has 3 aromatic rings. The minimum atomic E-state index is -4.13. The Balaban J connectivity index is 1.74. The molecule has 46 heavy (non-hydrogen) atoms. The molecule has 3 aromatic carbocycles. The number of nitrogens with two attached hydrogens (primary N) is 1. The van der Waals surface area contributed by atoms with E-state index in [-0.39, 0.29) is 30.3 Å². The van der Waals surface area contributed by atoms with E-state index in [0.717, 1.165) is 15.4 Å². The molecular weight excluding hydrogens is 608 g/mol. The number of methoxy groups -OCH3 is 1. The quantitative estimate of drug-likeness (QED) is 0.121. The van der Waals surface area contributed by atoms with E-state index in [1.54, 1.807) is 0 Å². The van der Waals surface area contributed by atoms with Crippen LogP contribution in [0.5, 0.6) is 0 Å². The van der Waals surface area contributed by atoms with Crippen molar-refractivity contribution in [2.45, 2.75) is 62.4 Å². The molecule has 0 saturated heterocycles. The second-order valence-electron chi connectivity index (χ2n) is 11.4. The molecule has 0 aliphatic heterocycles. The lowest BCUT2D eigenvalue weighted by Crippen LogP contribution is -2.50. The maximum absolute atomic E-state index is 13.6. The number of ether oxygens (including phenoxy) is 1. The van der Waals surface area contributed by atoms with E-state index >= 15 is 0 Å². The second-order valence-corrected chi connectivity index (χ2v) is 13.3. The highest BCUT2D eigenvalue weighted by molar-refractivity contribution is 7.89. The lowest BCUT2D eigenvalue weighted by molar-refractivity contribution is -0.141. The van der Waals surface area contributed by atoms with Crippen LogP contribution in [-0.4, -0.2) is 68.1 Å². The minimum absolute atomic E-state index is 0.0282. The molecule has 0 saturated carbocycles. The molecule has 0 fully saturated rings. The van der Waals surface area contributed by atoms with Gasteiger partial charge < -0.3 is 26.2 Å². The summed E-state index contributed by atoms with van der Waals surface area (Å²) < 4.78 is 33.0. The fraction of sp³-hybridized carbons (Fsp3) is 0.382. The number of carboxylic acids is 1. The summed E-state index contributed by atoms with van der Waals surface area (Å²) in [6, 6.07) is 22.0. The first-order valence-electron chi connectivity index (χ1n) is 15.3. The van der Waals surface area contributed by atoms with Gasteiger partial charge in [0.25, 0.3) is 0 Å². The molecule has 0 bridgehead atoms. The molecule has 12 heteroatoms. The van der Waals surface area contributed by atoms with Crippen molar-refractivity contribution in [2.24, 2.45) is 5.92 Å². The predicted octanol–water partition coefficient (Wildman–Crippen LogP) is 4.60. The number of nitrogen functional groups attached to an aromatic ring is 1. The largest absolute Gasteiger partial charge is 0.480 e. The van der Waals surface area contributed by atoms with Crippen molar-refractivity contribution in [3.05, 3.63) is 96.1 Å². The zero-order valence-electron chi connectivity index (χ0n) is 26.5. The van der Waals surface area contributed by atoms with Gasteiger partial charge >= 0.3 is 12.1 Å². The molecule has 0 aromatic heterocycles. The molecule has 0 aliphatic rings. The minimum Gasteiger partial charge on any atom is -0.480 e. The van der Waals surface area contributed by atoms with Crippen molar-refractivity contribution in [3.8, 4) is 0 Å². The third-order valence-electron chi connectivity index (χ3n) is 7.64. The maximum Gasteiger partial charge on any atom is 0.407 e. The van der Waals surface area contributed by atoms with Crippen LogP contribution in [0.3, 0.4) is 0 Å². The van der Waals surface area contributed by atoms with Crippen LogP contribution < -0.4 is 16.4 Å². The van der Waals surface area contributed by atoms with Crippen molar-refractivity contribution < 1.29 is 32.6 Å². The van der Waals surface area contributed by atoms with Crippen molar-refractivity contribution in [2.75, 3.05) is 25.9 Å². The van der Waals surface area contributed by atoms with E-state index in [1.807, 2.05) is 74.5 Å². The maximum atomic E-state index is 13.6. The number of nitrogens with zero attached hydrogens (tertiary/aromatic N) is 1. The van der Waals surface area contributed by atoms with Gasteiger partial charge in [0.1, 0.15) is 12.1 Å². The summed E-state index contributed by atoms with van der Waals surface area (Å²) in [7, 11) is -2.90. The number of carbonyl (C=O) groups is 3. The van der Waals surface area contributed by atoms with E-state index in [2.05, 4.69) is 10.6 Å². The van der Waals surface area contributed by atoms with E-state index in [9.17, 15) is 27.9 Å². The molecular formula is C34H44N4O7S. The Morgan fingerprint density at radius 2 is 1.43 bits per heavy atom. The number of carboxylic acid groups (broad SMARTS) is 1. The fourth-order valence-corrected chi connectivity index (χ4v) is 6.79. The number of rotatable bonds is 17. The molecule has 1 unspecified atom stereocenters. The van der Waals surface area contributed by atoms with E-state index in [0.29, 0.717) is 24.9 Å². The van der Waals surface area contributed by atoms with Gasteiger partial charge in [-0.05, 0) is 67.0 Å². The number of benzene rings is 3. The molecule has 0 aliphatic carbocycles. The number of aliphatic carboxylic acids is 1. The normalized spacial score (nSPS) is 12.9. The Morgan fingerprint density at radius 3 is 1.93 bits per heavy atom. The Labute approximate surface area is 271 Å². The van der Waals surface area contributed by atoms with Crippen LogP contribution in [0.25, 0.3) is 0 Å². The predicted molar refractivity (Wildman–Crippen MR) is 177 cm³/mol. The van der Waals surface area contributed by atoms with Gasteiger partial charge in [-0.3, -0.25) is 9.59 Å². The van der Waals surface area contributed by atoms with Crippen molar-refractivity contribution >= 4 is 33.7 Å². The summed E-state index contributed by atoms with van der Waals surface area (Å²) in [6.07, 6.45) is 0.458. The first kappa shape index (κ1) is 36.1. The van der Waals surface area contributed by atoms with Gasteiger partial charge in [0.05, 0.1) is 12.0 Å². The second kappa shape index (κ2) is 17.3. The van der Waals surface area contributed by atoms with Crippen LogP contribution >= 0.6 is 0 Å². The first-order valence-corrected chi connectivity index (χ1v) is 16.7. The molecule has 0 heterocycles. The van der Waals surface area contributed by atoms with Crippen molar-refractivity contribution in [1.82, 2.24) is 14.9 Å². The van der Waals surface area contributed by atoms with E-state index in [4.69, 9.17) is 10.5 Å². The van der Waals surface area contributed by atoms with Crippen molar-refractivity contribution in [1.29, 1.82) is 0 Å². The zero-order chi connectivity index (χ0) is 33.7. The summed E-state index contributed by atoms with van der Waals surface area (Å²) in [5.74, 6) is -2.06. The van der Waals surface area contributed by atoms with E-state index < -0.39 is 46.0 Å². The monoisotopic (exact) mass is 652 g/mol. The van der Waals surface area contributed by atoms with Gasteiger partial charge in [-0.25, -0.2) is 13.2 Å². The van der Waals surface area contributed by atoms with Gasteiger partial charge in [-0.15, -0.1) is 0 Å². The number of unbranched alkanes of at least 4 members (excludes halogenated alkanes) is 1. The Morgan fingerprint density at radius 1 is 0.870 bits per heavy atom. The van der Waals surface area contributed by atoms with Crippen LogP contribution in [0.4, 0.5) is 10.5 Å². The smallest absolute Gasteiger partial charge is 0.407 e. The number of amides is 2. The fourth-order valence-electron chi connectivity index (χ4n) is 5.16. The number of nitrogens with one attached hydrogen (secondary N) is 2. The Bertz CT molecular complexity index is 1480. The molecule has 2 atom stereocenters. The number of anilines is 1. The van der Waals surface area contributed by atoms with Crippen LogP contribution in [0.1, 0.15) is 56.6 Å². The lowest BCUT2D eigenvalue weighted by atomic mass is 9.84. The number of hydrogen-bond acceptors (Lipinski definition) is 7. The highest BCUT2D eigenvalue weighted by Gasteiger charge is 2.36. The number of alkyl carbamates (subject to hydrolysis) is 1. The zero-order valence-corrected chi connectivity index (χ0v) is 27.3. The summed E-state index contributed by atoms with van der Waals surface area (Å²) in [6.45, 7) is 4.10. The summed E-state index contributed by atoms with van der Waals surface area (Å²) in [5, 5.41) is 15.7. The highest BCUT2D eigenvalue weighted by atomic mass is 32.2. The average Bonchev–Trinajstić information content (AvgIpc) is 3.04. The average molecular weight is 653 g/mol. The molecule has 0 radical (unpaired) electrons. The highest BCUT2D eigenvalue weighted by Crippen LogP contribution is 2.29. The molecule has 248 valence electrons. The standard InChI is InChI=1S/C34H44N4O7S/c1-24(2)21-23-38(46(43,44)28-19-17-27(35)18-20-28)29(33(40)41)16-10-11-22-36-32(39)31(37-34(42)45-3)30(25-12-6-4-7-13-25)26-14-8-5-9-15-26/h4-9,12-15,17-20,24,29-31H,10-11,16,21-23,35H2,1-3H3,(H,36,39)(H,37,42)(H,40,41)/t29?,31-/m0/s1. The van der Waals surface area contributed by atoms with Gasteiger partial charge in [-0.2, -0.15) is 4.31 Å². The molecule has 11 nitrogen and oxygen atoms in total. The number of sulfonamides is 1. The molecule has 5 N–H and O–H groups in total. The third-order valence-corrected chi connectivity index (χ3v) is 9.56. The molecule has 2 amide bonds. The SMILES string of the molecule is COC(=O)N[C@H](C(=O)NCCCCC(C(=O)O)N(CCC(C)C)S(=O)(=O)c1ccc(N)cc1)C(c1ccccc1)c1ccccc1. The summed E-state index contributed by atoms with van der Waals surface area (Å²) >= 11 is 0. The topological polar surface area (TPSA) is 168 Å². The van der Waals surface area contributed by atoms with Crippen LogP contribution in [0.15, 0.2) is 89.8 Å². The van der Waals surface area contributed by atoms with Gasteiger partial charge in [0.2, 0.25) is 15.9 Å². The number of hydrogen-bond donors (Lipinski definition) is 4. The Kier molecular flexibility index (Phi) is 13.6. The van der Waals surface area contributed by atoms with Crippen molar-refractivity contribution in [3.63, 3.8) is 0 Å². The van der Waals surface area contributed by atoms with Crippen LogP contribution in [0, 0.1) is 5.92 Å². The van der Waals surface area contributed by atoms with Crippen LogP contribution in [-0.2, 0) is 24.3 Å². The van der Waals surface area contributed by atoms with Gasteiger partial charge in [-0.1, -0.05) is 74.5 Å². The first-order chi connectivity index (χ1) is 21.9. The number of carbonyl (C=O) groups excluding carboxylic acids is 2.